The Kier molecular flexibility index (Phi) is 5.37. The van der Waals surface area contributed by atoms with Crippen LogP contribution in [0.15, 0.2) is 30.3 Å². The lowest BCUT2D eigenvalue weighted by Crippen LogP contribution is -2.46. The van der Waals surface area contributed by atoms with Gasteiger partial charge in [-0.1, -0.05) is 6.92 Å². The fourth-order valence-corrected chi connectivity index (χ4v) is 5.38. The molecule has 0 fully saturated rings. The number of H-pyrrole nitrogens is 1. The Bertz CT molecular complexity index is 1190. The number of benzene rings is 2. The molecule has 1 aliphatic heterocycles. The molecule has 2 atom stereocenters. The summed E-state index contributed by atoms with van der Waals surface area (Å²) in [5, 5.41) is 0.976. The van der Waals surface area contributed by atoms with Gasteiger partial charge in [0, 0.05) is 40.3 Å². The van der Waals surface area contributed by atoms with Gasteiger partial charge in [-0.2, -0.15) is 0 Å². The normalized spacial score (nSPS) is 20.1. The van der Waals surface area contributed by atoms with Crippen molar-refractivity contribution >= 4 is 16.8 Å². The second-order valence-corrected chi connectivity index (χ2v) is 8.90. The van der Waals surface area contributed by atoms with Crippen LogP contribution in [0.1, 0.15) is 40.5 Å². The van der Waals surface area contributed by atoms with Gasteiger partial charge in [0.05, 0.1) is 0 Å². The zero-order valence-electron chi connectivity index (χ0n) is 18.1. The number of halogens is 2. The van der Waals surface area contributed by atoms with Gasteiger partial charge in [-0.05, 0) is 74.0 Å². The number of aryl methyl sites for hydroxylation is 1. The highest BCUT2D eigenvalue weighted by Crippen LogP contribution is 2.35. The number of ether oxygens (including phenoxy) is 1. The molecular weight excluding hydrogens is 412 g/mol. The molecule has 0 spiro atoms. The molecule has 7 heteroatoms. The van der Waals surface area contributed by atoms with E-state index in [9.17, 15) is 13.6 Å². The van der Waals surface area contributed by atoms with Crippen LogP contribution in [-0.4, -0.2) is 41.5 Å². The monoisotopic (exact) mass is 439 g/mol. The SMILES string of the molecule is CCN(CC1CCc2[nH]c3ccc(F)cc3c2C1)[C@H]1COc2c(F)ccc(C(N)=O)c2C1. The summed E-state index contributed by atoms with van der Waals surface area (Å²) in [4.78, 5) is 17.7. The summed E-state index contributed by atoms with van der Waals surface area (Å²) in [5.74, 6) is -0.670. The Hall–Kier alpha value is -2.93. The van der Waals surface area contributed by atoms with Crippen molar-refractivity contribution in [2.24, 2.45) is 11.7 Å². The van der Waals surface area contributed by atoms with E-state index < -0.39 is 11.7 Å². The Morgan fingerprint density at radius 2 is 2.06 bits per heavy atom. The summed E-state index contributed by atoms with van der Waals surface area (Å²) in [6.45, 7) is 4.15. The van der Waals surface area contributed by atoms with E-state index in [-0.39, 0.29) is 17.6 Å². The minimum atomic E-state index is -0.570. The van der Waals surface area contributed by atoms with E-state index in [0.29, 0.717) is 30.1 Å². The molecule has 0 radical (unpaired) electrons. The van der Waals surface area contributed by atoms with E-state index in [4.69, 9.17) is 10.5 Å². The summed E-state index contributed by atoms with van der Waals surface area (Å²) >= 11 is 0. The summed E-state index contributed by atoms with van der Waals surface area (Å²) in [6.07, 6.45) is 3.40. The van der Waals surface area contributed by atoms with Crippen molar-refractivity contribution in [3.8, 4) is 5.75 Å². The number of hydrogen-bond acceptors (Lipinski definition) is 3. The highest BCUT2D eigenvalue weighted by molar-refractivity contribution is 5.95. The fourth-order valence-electron chi connectivity index (χ4n) is 5.38. The third-order valence-corrected chi connectivity index (χ3v) is 7.00. The number of nitrogens with two attached hydrogens (primary N) is 1. The zero-order chi connectivity index (χ0) is 22.4. The van der Waals surface area contributed by atoms with Gasteiger partial charge in [-0.25, -0.2) is 8.78 Å². The predicted octanol–water partition coefficient (Wildman–Crippen LogP) is 3.98. The quantitative estimate of drug-likeness (QED) is 0.632. The van der Waals surface area contributed by atoms with Gasteiger partial charge < -0.3 is 15.5 Å². The number of fused-ring (bicyclic) bond motifs is 4. The Morgan fingerprint density at radius 1 is 1.22 bits per heavy atom. The molecule has 1 aliphatic carbocycles. The number of amides is 1. The lowest BCUT2D eigenvalue weighted by molar-refractivity contribution is 0.0963. The third kappa shape index (κ3) is 3.64. The van der Waals surface area contributed by atoms with Gasteiger partial charge in [0.1, 0.15) is 12.4 Å². The minimum absolute atomic E-state index is 0.0363. The summed E-state index contributed by atoms with van der Waals surface area (Å²) in [6, 6.07) is 7.64. The number of aromatic amines is 1. The van der Waals surface area contributed by atoms with Crippen LogP contribution in [0, 0.1) is 17.6 Å². The molecule has 0 saturated heterocycles. The first kappa shape index (κ1) is 20.9. The molecule has 5 nitrogen and oxygen atoms in total. The summed E-state index contributed by atoms with van der Waals surface area (Å²) in [7, 11) is 0. The van der Waals surface area contributed by atoms with Crippen molar-refractivity contribution in [3.63, 3.8) is 0 Å². The molecule has 2 aromatic carbocycles. The first-order valence-corrected chi connectivity index (χ1v) is 11.2. The lowest BCUT2D eigenvalue weighted by Gasteiger charge is -2.37. The van der Waals surface area contributed by atoms with Gasteiger partial charge in [0.15, 0.2) is 11.6 Å². The van der Waals surface area contributed by atoms with E-state index in [1.807, 2.05) is 6.07 Å². The number of aromatic nitrogens is 1. The second kappa shape index (κ2) is 8.20. The van der Waals surface area contributed by atoms with Gasteiger partial charge in [-0.3, -0.25) is 9.69 Å². The molecule has 0 bridgehead atoms. The van der Waals surface area contributed by atoms with Crippen LogP contribution in [0.3, 0.4) is 0 Å². The van der Waals surface area contributed by atoms with Crippen molar-refractivity contribution < 1.29 is 18.3 Å². The van der Waals surface area contributed by atoms with Crippen LogP contribution in [0.5, 0.6) is 5.75 Å². The van der Waals surface area contributed by atoms with Crippen molar-refractivity contribution in [1.29, 1.82) is 0 Å². The van der Waals surface area contributed by atoms with Crippen LogP contribution >= 0.6 is 0 Å². The Labute approximate surface area is 185 Å². The molecule has 3 aromatic rings. The number of likely N-dealkylation sites (N-methyl/N-ethyl adjacent to an activating group) is 1. The molecule has 32 heavy (non-hydrogen) atoms. The van der Waals surface area contributed by atoms with E-state index in [2.05, 4.69) is 16.8 Å². The molecule has 1 unspecified atom stereocenters. The topological polar surface area (TPSA) is 71.3 Å². The smallest absolute Gasteiger partial charge is 0.249 e. The maximum atomic E-state index is 14.2. The molecule has 0 saturated carbocycles. The number of carbonyl (C=O) groups is 1. The number of nitrogens with one attached hydrogen (secondary N) is 1. The molecule has 2 aliphatic rings. The van der Waals surface area contributed by atoms with Crippen molar-refractivity contribution in [2.75, 3.05) is 19.7 Å². The second-order valence-electron chi connectivity index (χ2n) is 8.90. The van der Waals surface area contributed by atoms with E-state index in [1.54, 1.807) is 6.07 Å². The van der Waals surface area contributed by atoms with E-state index >= 15 is 0 Å². The van der Waals surface area contributed by atoms with Crippen LogP contribution in [0.25, 0.3) is 10.9 Å². The molecule has 1 amide bonds. The minimum Gasteiger partial charge on any atom is -0.489 e. The van der Waals surface area contributed by atoms with Crippen LogP contribution in [-0.2, 0) is 19.3 Å². The zero-order valence-corrected chi connectivity index (χ0v) is 18.1. The largest absolute Gasteiger partial charge is 0.489 e. The first-order valence-electron chi connectivity index (χ1n) is 11.2. The highest BCUT2D eigenvalue weighted by atomic mass is 19.1. The van der Waals surface area contributed by atoms with Gasteiger partial charge in [0.2, 0.25) is 5.91 Å². The van der Waals surface area contributed by atoms with Crippen LogP contribution in [0.2, 0.25) is 0 Å². The number of nitrogens with zero attached hydrogens (tertiary/aromatic N) is 1. The lowest BCUT2D eigenvalue weighted by atomic mass is 9.85. The van der Waals surface area contributed by atoms with Crippen LogP contribution < -0.4 is 10.5 Å². The summed E-state index contributed by atoms with van der Waals surface area (Å²) < 4.78 is 33.8. The number of rotatable bonds is 5. The Morgan fingerprint density at radius 3 is 2.84 bits per heavy atom. The van der Waals surface area contributed by atoms with E-state index in [1.165, 1.54) is 29.5 Å². The fraction of sp³-hybridized carbons (Fsp3) is 0.400. The highest BCUT2D eigenvalue weighted by Gasteiger charge is 2.32. The average molecular weight is 440 g/mol. The van der Waals surface area contributed by atoms with Crippen molar-refractivity contribution in [3.05, 3.63) is 64.4 Å². The van der Waals surface area contributed by atoms with Crippen LogP contribution in [0.4, 0.5) is 8.78 Å². The molecule has 1 aromatic heterocycles. The number of primary amides is 1. The molecule has 168 valence electrons. The number of carbonyl (C=O) groups excluding carboxylic acids is 1. The van der Waals surface area contributed by atoms with Crippen molar-refractivity contribution in [1.82, 2.24) is 9.88 Å². The molecule has 2 heterocycles. The first-order chi connectivity index (χ1) is 15.4. The van der Waals surface area contributed by atoms with Gasteiger partial charge >= 0.3 is 0 Å². The third-order valence-electron chi connectivity index (χ3n) is 7.00. The number of hydrogen-bond donors (Lipinski definition) is 2. The summed E-state index contributed by atoms with van der Waals surface area (Å²) in [5.41, 5.74) is 9.82. The molecule has 3 N–H and O–H groups in total. The van der Waals surface area contributed by atoms with E-state index in [0.717, 1.165) is 43.3 Å². The van der Waals surface area contributed by atoms with Gasteiger partial charge in [0.25, 0.3) is 0 Å². The molecule has 5 rings (SSSR count). The molecular formula is C25H27F2N3O2. The van der Waals surface area contributed by atoms with Gasteiger partial charge in [-0.15, -0.1) is 0 Å². The maximum absolute atomic E-state index is 14.2. The maximum Gasteiger partial charge on any atom is 0.249 e. The van der Waals surface area contributed by atoms with Crippen molar-refractivity contribution in [2.45, 2.75) is 38.6 Å². The Balaban J connectivity index is 1.35. The average Bonchev–Trinajstić information content (AvgIpc) is 3.14. The predicted molar refractivity (Wildman–Crippen MR) is 119 cm³/mol. The standard InChI is InChI=1S/C25H27F2N3O2/c1-2-30(16-11-20-17(25(28)31)5-6-21(27)24(20)32-13-16)12-14-3-7-22-18(9-14)19-10-15(26)4-8-23(19)29-22/h4-6,8,10,14,16,29H,2-3,7,9,11-13H2,1H3,(H2,28,31)/t14?,16-/m1/s1.